The predicted molar refractivity (Wildman–Crippen MR) is 89.6 cm³/mol. The van der Waals surface area contributed by atoms with Crippen molar-refractivity contribution in [1.29, 1.82) is 0 Å². The van der Waals surface area contributed by atoms with Gasteiger partial charge >= 0.3 is 0 Å². The van der Waals surface area contributed by atoms with Gasteiger partial charge in [0.05, 0.1) is 17.4 Å². The average molecular weight is 348 g/mol. The smallest absolute Gasteiger partial charge is 0.268 e. The molecule has 7 heteroatoms. The number of hydrogen-bond donors (Lipinski definition) is 0. The van der Waals surface area contributed by atoms with Crippen molar-refractivity contribution in [1.82, 2.24) is 19.9 Å². The summed E-state index contributed by atoms with van der Waals surface area (Å²) < 4.78 is 1.18. The molecule has 26 heavy (non-hydrogen) atoms. The lowest BCUT2D eigenvalue weighted by Gasteiger charge is -2.37. The normalized spacial score (nSPS) is 36.5. The van der Waals surface area contributed by atoms with Crippen molar-refractivity contribution in [2.75, 3.05) is 6.54 Å². The van der Waals surface area contributed by atoms with E-state index in [2.05, 4.69) is 22.5 Å². The average Bonchev–Trinajstić information content (AvgIpc) is 3.32. The van der Waals surface area contributed by atoms with Crippen LogP contribution in [0.25, 0.3) is 11.0 Å². The van der Waals surface area contributed by atoms with E-state index in [4.69, 9.17) is 0 Å². The number of carbonyl (C=O) groups excluding carboxylic acids is 3. The number of allylic oxidation sites excluding steroid dienone is 2. The molecule has 1 aliphatic heterocycles. The Bertz CT molecular complexity index is 989. The molecule has 0 radical (unpaired) electrons. The molecule has 1 aromatic heterocycles. The van der Waals surface area contributed by atoms with Gasteiger partial charge in [-0.3, -0.25) is 19.3 Å². The summed E-state index contributed by atoms with van der Waals surface area (Å²) in [7, 11) is 0. The third-order valence-electron chi connectivity index (χ3n) is 6.64. The van der Waals surface area contributed by atoms with Crippen LogP contribution in [0.5, 0.6) is 0 Å². The number of para-hydroxylation sites is 1. The van der Waals surface area contributed by atoms with E-state index in [1.807, 2.05) is 6.07 Å². The first-order chi connectivity index (χ1) is 12.6. The quantitative estimate of drug-likeness (QED) is 0.600. The molecule has 0 spiro atoms. The van der Waals surface area contributed by atoms with Gasteiger partial charge in [0.1, 0.15) is 12.1 Å². The molecule has 6 atom stereocenters. The van der Waals surface area contributed by atoms with Gasteiger partial charge in [-0.05, 0) is 42.2 Å². The Labute approximate surface area is 148 Å². The molecule has 2 saturated carbocycles. The Hall–Kier alpha value is -2.83. The van der Waals surface area contributed by atoms with Crippen molar-refractivity contribution in [3.05, 3.63) is 36.4 Å². The minimum Gasteiger partial charge on any atom is -0.274 e. The van der Waals surface area contributed by atoms with Gasteiger partial charge in [-0.2, -0.15) is 4.68 Å². The van der Waals surface area contributed by atoms with Crippen molar-refractivity contribution >= 4 is 28.8 Å². The fourth-order valence-electron chi connectivity index (χ4n) is 5.43. The van der Waals surface area contributed by atoms with E-state index in [0.29, 0.717) is 22.9 Å². The van der Waals surface area contributed by atoms with E-state index >= 15 is 0 Å². The van der Waals surface area contributed by atoms with Gasteiger partial charge < -0.3 is 0 Å². The van der Waals surface area contributed by atoms with Crippen molar-refractivity contribution in [3.63, 3.8) is 0 Å². The number of benzene rings is 1. The molecule has 4 aliphatic carbocycles. The summed E-state index contributed by atoms with van der Waals surface area (Å²) in [5.41, 5.74) is 1.19. The molecule has 2 heterocycles. The molecule has 0 N–H and O–H groups in total. The van der Waals surface area contributed by atoms with Crippen molar-refractivity contribution in [2.45, 2.75) is 6.42 Å². The molecule has 7 rings (SSSR count). The number of imide groups is 1. The van der Waals surface area contributed by atoms with Crippen molar-refractivity contribution < 1.29 is 14.4 Å². The second-order valence-corrected chi connectivity index (χ2v) is 7.80. The van der Waals surface area contributed by atoms with Gasteiger partial charge in [0.15, 0.2) is 0 Å². The Morgan fingerprint density at radius 3 is 2.38 bits per heavy atom. The maximum Gasteiger partial charge on any atom is 0.268 e. The Balaban J connectivity index is 1.31. The van der Waals surface area contributed by atoms with Crippen LogP contribution in [0.4, 0.5) is 0 Å². The highest BCUT2D eigenvalue weighted by Crippen LogP contribution is 2.65. The summed E-state index contributed by atoms with van der Waals surface area (Å²) in [5, 5.41) is 7.86. The summed E-state index contributed by atoms with van der Waals surface area (Å²) in [6.07, 6.45) is 5.38. The molecule has 2 bridgehead atoms. The lowest BCUT2D eigenvalue weighted by molar-refractivity contribution is -0.139. The second kappa shape index (κ2) is 4.66. The standard InChI is InChI=1S/C19H16N4O3/c24-15(23-14-4-2-1-3-13(14)20-21-23)8-22-18(25)16-9-5-6-10(12-7-11(9)12)17(16)19(22)26/h1-6,9-12,16-17H,7-8H2/t9-,10+,11-,12-,16+,17+/m1/s1. The number of aromatic nitrogens is 3. The summed E-state index contributed by atoms with van der Waals surface area (Å²) in [6.45, 7) is -0.271. The molecule has 0 unspecified atom stereocenters. The first-order valence-corrected chi connectivity index (χ1v) is 9.02. The highest BCUT2D eigenvalue weighted by Gasteiger charge is 2.67. The summed E-state index contributed by atoms with van der Waals surface area (Å²) >= 11 is 0. The van der Waals surface area contributed by atoms with Crippen LogP contribution in [0, 0.1) is 35.5 Å². The van der Waals surface area contributed by atoms with Gasteiger partial charge in [0.25, 0.3) is 5.91 Å². The van der Waals surface area contributed by atoms with Crippen LogP contribution >= 0.6 is 0 Å². The maximum absolute atomic E-state index is 12.9. The summed E-state index contributed by atoms with van der Waals surface area (Å²) in [5.74, 6) is 0.0888. The SMILES string of the molecule is O=C1[C@H]2[C@@H]3C=C[C@@H]([C@H]4C[C@H]34)[C@@H]2C(=O)N1CC(=O)n1nnc2ccccc21. The van der Waals surface area contributed by atoms with Crippen LogP contribution in [0.15, 0.2) is 36.4 Å². The topological polar surface area (TPSA) is 85.2 Å². The van der Waals surface area contributed by atoms with E-state index in [-0.39, 0.29) is 42.0 Å². The molecule has 2 aromatic rings. The highest BCUT2D eigenvalue weighted by molar-refractivity contribution is 6.08. The zero-order valence-corrected chi connectivity index (χ0v) is 13.9. The first kappa shape index (κ1) is 14.4. The van der Waals surface area contributed by atoms with E-state index in [1.165, 1.54) is 4.68 Å². The van der Waals surface area contributed by atoms with E-state index in [9.17, 15) is 14.4 Å². The van der Waals surface area contributed by atoms with Crippen LogP contribution in [0.1, 0.15) is 11.2 Å². The lowest BCUT2D eigenvalue weighted by atomic mass is 9.63. The fourth-order valence-corrected chi connectivity index (χ4v) is 5.43. The van der Waals surface area contributed by atoms with Gasteiger partial charge in [0.2, 0.25) is 11.8 Å². The third-order valence-corrected chi connectivity index (χ3v) is 6.64. The second-order valence-electron chi connectivity index (χ2n) is 7.80. The number of likely N-dealkylation sites (tertiary alicyclic amines) is 1. The molecular formula is C19H16N4O3. The Kier molecular flexibility index (Phi) is 2.57. The molecule has 3 fully saturated rings. The van der Waals surface area contributed by atoms with Crippen LogP contribution in [-0.2, 0) is 9.59 Å². The maximum atomic E-state index is 12.9. The summed E-state index contributed by atoms with van der Waals surface area (Å²) in [4.78, 5) is 39.8. The molecule has 2 amide bonds. The molecule has 1 aromatic carbocycles. The van der Waals surface area contributed by atoms with E-state index in [1.54, 1.807) is 18.2 Å². The van der Waals surface area contributed by atoms with Gasteiger partial charge in [0, 0.05) is 0 Å². The zero-order chi connectivity index (χ0) is 17.6. The van der Waals surface area contributed by atoms with E-state index in [0.717, 1.165) is 11.3 Å². The van der Waals surface area contributed by atoms with Crippen LogP contribution in [0.2, 0.25) is 0 Å². The van der Waals surface area contributed by atoms with Crippen LogP contribution < -0.4 is 0 Å². The van der Waals surface area contributed by atoms with Crippen LogP contribution in [-0.4, -0.2) is 44.2 Å². The minimum atomic E-state index is -0.412. The Morgan fingerprint density at radius 2 is 1.69 bits per heavy atom. The molecule has 130 valence electrons. The van der Waals surface area contributed by atoms with E-state index < -0.39 is 5.91 Å². The first-order valence-electron chi connectivity index (χ1n) is 9.02. The number of carbonyl (C=O) groups is 3. The van der Waals surface area contributed by atoms with Crippen LogP contribution in [0.3, 0.4) is 0 Å². The molecule has 7 nitrogen and oxygen atoms in total. The van der Waals surface area contributed by atoms with Crippen molar-refractivity contribution in [3.8, 4) is 0 Å². The zero-order valence-electron chi connectivity index (χ0n) is 13.9. The van der Waals surface area contributed by atoms with Crippen molar-refractivity contribution in [2.24, 2.45) is 35.5 Å². The molecule has 1 saturated heterocycles. The Morgan fingerprint density at radius 1 is 1.04 bits per heavy atom. The monoisotopic (exact) mass is 348 g/mol. The number of amides is 2. The van der Waals surface area contributed by atoms with Gasteiger partial charge in [-0.1, -0.05) is 29.5 Å². The fraction of sp³-hybridized carbons (Fsp3) is 0.421. The largest absolute Gasteiger partial charge is 0.274 e. The highest BCUT2D eigenvalue weighted by atomic mass is 16.2. The minimum absolute atomic E-state index is 0.166. The predicted octanol–water partition coefficient (Wildman–Crippen LogP) is 1.12. The lowest BCUT2D eigenvalue weighted by Crippen LogP contribution is -2.40. The number of hydrogen-bond acceptors (Lipinski definition) is 5. The molecular weight excluding hydrogens is 332 g/mol. The van der Waals surface area contributed by atoms with Gasteiger partial charge in [-0.15, -0.1) is 5.10 Å². The third kappa shape index (κ3) is 1.65. The molecule has 5 aliphatic rings. The number of nitrogens with zero attached hydrogens (tertiary/aromatic N) is 4. The number of fused-ring (bicyclic) bond motifs is 1. The summed E-state index contributed by atoms with van der Waals surface area (Å²) in [6, 6.07) is 7.13. The number of rotatable bonds is 2. The van der Waals surface area contributed by atoms with Gasteiger partial charge in [-0.25, -0.2) is 0 Å².